The summed E-state index contributed by atoms with van der Waals surface area (Å²) < 4.78 is 16.3. The molecule has 0 amide bonds. The monoisotopic (exact) mass is 469 g/mol. The van der Waals surface area contributed by atoms with E-state index < -0.39 is 0 Å². The topological polar surface area (TPSA) is 72.9 Å². The Labute approximate surface area is 198 Å². The number of fused-ring (bicyclic) bond motifs is 1. The van der Waals surface area contributed by atoms with E-state index >= 15 is 0 Å². The highest BCUT2D eigenvalue weighted by atomic mass is 32.1. The number of carbonyl (C=O) groups is 1. The van der Waals surface area contributed by atoms with E-state index in [1.807, 2.05) is 19.1 Å². The summed E-state index contributed by atoms with van der Waals surface area (Å²) in [5.74, 6) is 1.98. The zero-order valence-electron chi connectivity index (χ0n) is 19.4. The van der Waals surface area contributed by atoms with Gasteiger partial charge in [-0.1, -0.05) is 6.07 Å². The van der Waals surface area contributed by atoms with Crippen LogP contribution in [0.1, 0.15) is 30.2 Å². The number of methoxy groups -OCH3 is 2. The molecule has 3 heterocycles. The van der Waals surface area contributed by atoms with Gasteiger partial charge in [0, 0.05) is 48.1 Å². The van der Waals surface area contributed by atoms with Gasteiger partial charge in [0.15, 0.2) is 11.5 Å². The molecule has 2 aromatic heterocycles. The molecule has 1 aliphatic rings. The maximum Gasteiger partial charge on any atom is 0.310 e. The summed E-state index contributed by atoms with van der Waals surface area (Å²) in [4.78, 5) is 21.0. The van der Waals surface area contributed by atoms with Crippen LogP contribution in [-0.2, 0) is 22.6 Å². The maximum atomic E-state index is 12.4. The Morgan fingerprint density at radius 1 is 1.21 bits per heavy atom. The normalized spacial score (nSPS) is 16.1. The summed E-state index contributed by atoms with van der Waals surface area (Å²) in [5, 5.41) is 6.63. The first-order chi connectivity index (χ1) is 16.1. The lowest BCUT2D eigenvalue weighted by atomic mass is 9.97. The smallest absolute Gasteiger partial charge is 0.310 e. The Kier molecular flexibility index (Phi) is 7.67. The summed E-state index contributed by atoms with van der Waals surface area (Å²) in [6.07, 6.45) is 1.77. The number of nitrogens with one attached hydrogen (secondary N) is 1. The average Bonchev–Trinajstić information content (AvgIpc) is 3.36. The minimum atomic E-state index is -0.131. The number of aromatic nitrogens is 1. The molecule has 0 saturated carbocycles. The number of nitrogens with zero attached hydrogens (tertiary/aromatic N) is 2. The van der Waals surface area contributed by atoms with Crippen molar-refractivity contribution in [3.8, 4) is 11.5 Å². The van der Waals surface area contributed by atoms with Crippen LogP contribution in [0, 0.1) is 5.92 Å². The van der Waals surface area contributed by atoms with Crippen LogP contribution in [-0.4, -0.2) is 44.9 Å². The van der Waals surface area contributed by atoms with Gasteiger partial charge < -0.3 is 24.4 Å². The van der Waals surface area contributed by atoms with E-state index in [9.17, 15) is 4.79 Å². The minimum Gasteiger partial charge on any atom is -0.493 e. The van der Waals surface area contributed by atoms with Crippen molar-refractivity contribution in [3.63, 3.8) is 0 Å². The Hall–Kier alpha value is -2.84. The van der Waals surface area contributed by atoms with Crippen molar-refractivity contribution in [2.45, 2.75) is 32.9 Å². The largest absolute Gasteiger partial charge is 0.493 e. The number of carbonyl (C=O) groups excluding carboxylic acids is 1. The highest BCUT2D eigenvalue weighted by Crippen LogP contribution is 2.35. The molecular weight excluding hydrogens is 438 g/mol. The van der Waals surface area contributed by atoms with E-state index in [2.05, 4.69) is 33.8 Å². The molecule has 1 aromatic carbocycles. The van der Waals surface area contributed by atoms with Gasteiger partial charge in [-0.3, -0.25) is 4.79 Å². The van der Waals surface area contributed by atoms with Gasteiger partial charge in [0.05, 0.1) is 32.3 Å². The molecule has 176 valence electrons. The second kappa shape index (κ2) is 10.9. The van der Waals surface area contributed by atoms with Gasteiger partial charge in [0.25, 0.3) is 0 Å². The number of esters is 1. The Morgan fingerprint density at radius 2 is 2.03 bits per heavy atom. The van der Waals surface area contributed by atoms with E-state index in [1.54, 1.807) is 25.6 Å². The third-order valence-corrected chi connectivity index (χ3v) is 6.79. The number of anilines is 1. The molecule has 4 rings (SSSR count). The van der Waals surface area contributed by atoms with Crippen molar-refractivity contribution in [2.24, 2.45) is 5.92 Å². The van der Waals surface area contributed by atoms with Crippen LogP contribution < -0.4 is 19.7 Å². The molecule has 1 aliphatic heterocycles. The Balaban J connectivity index is 1.67. The number of piperidine rings is 1. The van der Waals surface area contributed by atoms with Gasteiger partial charge in [0.2, 0.25) is 0 Å². The van der Waals surface area contributed by atoms with E-state index in [0.29, 0.717) is 31.2 Å². The number of hydrogen-bond donors (Lipinski definition) is 1. The van der Waals surface area contributed by atoms with Gasteiger partial charge in [0.1, 0.15) is 5.82 Å². The third kappa shape index (κ3) is 5.39. The molecule has 1 atom stereocenters. The molecule has 0 bridgehead atoms. The summed E-state index contributed by atoms with van der Waals surface area (Å²) in [5.41, 5.74) is 1.93. The zero-order chi connectivity index (χ0) is 23.2. The molecular formula is C25H31N3O4S. The van der Waals surface area contributed by atoms with Crippen molar-refractivity contribution in [1.82, 2.24) is 10.3 Å². The second-order valence-electron chi connectivity index (χ2n) is 8.09. The molecule has 1 unspecified atom stereocenters. The minimum absolute atomic E-state index is 0.119. The van der Waals surface area contributed by atoms with Crippen LogP contribution in [0.4, 0.5) is 5.82 Å². The van der Waals surface area contributed by atoms with E-state index in [4.69, 9.17) is 19.2 Å². The third-order valence-electron chi connectivity index (χ3n) is 5.91. The summed E-state index contributed by atoms with van der Waals surface area (Å²) >= 11 is 1.74. The van der Waals surface area contributed by atoms with E-state index in [1.165, 1.54) is 4.88 Å². The van der Waals surface area contributed by atoms with Crippen LogP contribution >= 0.6 is 11.3 Å². The summed E-state index contributed by atoms with van der Waals surface area (Å²) in [6.45, 7) is 5.20. The fourth-order valence-corrected chi connectivity index (χ4v) is 4.97. The zero-order valence-corrected chi connectivity index (χ0v) is 20.2. The van der Waals surface area contributed by atoms with Gasteiger partial charge in [-0.15, -0.1) is 11.3 Å². The molecule has 0 aliphatic carbocycles. The predicted octanol–water partition coefficient (Wildman–Crippen LogP) is 4.38. The first-order valence-electron chi connectivity index (χ1n) is 11.3. The molecule has 33 heavy (non-hydrogen) atoms. The first kappa shape index (κ1) is 23.3. The predicted molar refractivity (Wildman–Crippen MR) is 131 cm³/mol. The SMILES string of the molecule is CCOC(=O)C1CCCN(c2nc3cc(OC)c(OC)cc3cc2CNCc2cccs2)C1. The second-order valence-corrected chi connectivity index (χ2v) is 9.12. The highest BCUT2D eigenvalue weighted by molar-refractivity contribution is 7.09. The molecule has 0 radical (unpaired) electrons. The lowest BCUT2D eigenvalue weighted by molar-refractivity contribution is -0.148. The Bertz CT molecular complexity index is 1090. The van der Waals surface area contributed by atoms with Crippen LogP contribution in [0.15, 0.2) is 35.7 Å². The van der Waals surface area contributed by atoms with Crippen LogP contribution in [0.25, 0.3) is 10.9 Å². The van der Waals surface area contributed by atoms with Gasteiger partial charge >= 0.3 is 5.97 Å². The highest BCUT2D eigenvalue weighted by Gasteiger charge is 2.29. The number of thiophene rings is 1. The van der Waals surface area contributed by atoms with Crippen molar-refractivity contribution >= 4 is 34.0 Å². The van der Waals surface area contributed by atoms with Crippen molar-refractivity contribution in [1.29, 1.82) is 0 Å². The number of hydrogen-bond acceptors (Lipinski definition) is 8. The lowest BCUT2D eigenvalue weighted by Crippen LogP contribution is -2.40. The number of benzene rings is 1. The average molecular weight is 470 g/mol. The van der Waals surface area contributed by atoms with Gasteiger partial charge in [-0.2, -0.15) is 0 Å². The Morgan fingerprint density at radius 3 is 2.76 bits per heavy atom. The van der Waals surface area contributed by atoms with Gasteiger partial charge in [-0.05, 0) is 43.3 Å². The lowest BCUT2D eigenvalue weighted by Gasteiger charge is -2.34. The van der Waals surface area contributed by atoms with Crippen LogP contribution in [0.5, 0.6) is 11.5 Å². The van der Waals surface area contributed by atoms with Crippen LogP contribution in [0.2, 0.25) is 0 Å². The van der Waals surface area contributed by atoms with Crippen molar-refractivity contribution in [2.75, 3.05) is 38.8 Å². The van der Waals surface area contributed by atoms with Gasteiger partial charge in [-0.25, -0.2) is 4.98 Å². The van der Waals surface area contributed by atoms with E-state index in [-0.39, 0.29) is 11.9 Å². The maximum absolute atomic E-state index is 12.4. The fourth-order valence-electron chi connectivity index (χ4n) is 4.29. The molecule has 1 N–H and O–H groups in total. The van der Waals surface area contributed by atoms with Crippen molar-refractivity contribution in [3.05, 3.63) is 46.2 Å². The summed E-state index contributed by atoms with van der Waals surface area (Å²) in [7, 11) is 3.26. The molecule has 3 aromatic rings. The quantitative estimate of drug-likeness (QED) is 0.466. The number of pyridine rings is 1. The molecule has 0 spiro atoms. The number of ether oxygens (including phenoxy) is 3. The molecule has 1 saturated heterocycles. The van der Waals surface area contributed by atoms with E-state index in [0.717, 1.165) is 48.2 Å². The van der Waals surface area contributed by atoms with Crippen molar-refractivity contribution < 1.29 is 19.0 Å². The van der Waals surface area contributed by atoms with Crippen LogP contribution in [0.3, 0.4) is 0 Å². The standard InChI is InChI=1S/C25H31N3O4S/c1-4-32-25(29)17-7-5-9-28(16-17)24-19(14-26-15-20-8-6-10-33-20)11-18-12-22(30-2)23(31-3)13-21(18)27-24/h6,8,10-13,17,26H,4-5,7,9,14-16H2,1-3H3. The fraction of sp³-hybridized carbons (Fsp3) is 0.440. The molecule has 7 nitrogen and oxygen atoms in total. The first-order valence-corrected chi connectivity index (χ1v) is 12.2. The summed E-state index contributed by atoms with van der Waals surface area (Å²) in [6, 6.07) is 10.2. The molecule has 8 heteroatoms. The molecule has 1 fully saturated rings. The number of rotatable bonds is 9.